The zero-order valence-corrected chi connectivity index (χ0v) is 8.75. The summed E-state index contributed by atoms with van der Waals surface area (Å²) in [4.78, 5) is 10.5. The van der Waals surface area contributed by atoms with Crippen molar-refractivity contribution in [2.24, 2.45) is 5.41 Å². The molecule has 13 heavy (non-hydrogen) atoms. The first-order valence-corrected chi connectivity index (χ1v) is 4.84. The average molecular weight is 180 g/mol. The van der Waals surface area contributed by atoms with Gasteiger partial charge in [-0.25, -0.2) is 0 Å². The monoisotopic (exact) mass is 180 g/mol. The Morgan fingerprint density at radius 3 is 2.46 bits per heavy atom. The summed E-state index contributed by atoms with van der Waals surface area (Å²) in [6.07, 6.45) is 11.3. The second kappa shape index (κ2) is 6.64. The summed E-state index contributed by atoms with van der Waals surface area (Å²) in [5, 5.41) is 0. The molecule has 0 saturated heterocycles. The van der Waals surface area contributed by atoms with Crippen LogP contribution in [0.25, 0.3) is 0 Å². The molecule has 0 aliphatic heterocycles. The topological polar surface area (TPSA) is 17.1 Å². The second-order valence-corrected chi connectivity index (χ2v) is 4.00. The van der Waals surface area contributed by atoms with Crippen molar-refractivity contribution in [3.63, 3.8) is 0 Å². The van der Waals surface area contributed by atoms with E-state index in [0.29, 0.717) is 0 Å². The molecular weight excluding hydrogens is 160 g/mol. The van der Waals surface area contributed by atoms with Crippen molar-refractivity contribution in [3.8, 4) is 0 Å². The highest BCUT2D eigenvalue weighted by atomic mass is 16.1. The van der Waals surface area contributed by atoms with Crippen molar-refractivity contribution in [3.05, 3.63) is 24.8 Å². The van der Waals surface area contributed by atoms with Crippen molar-refractivity contribution >= 4 is 6.29 Å². The maximum Gasteiger partial charge on any atom is 0.125 e. The van der Waals surface area contributed by atoms with Crippen molar-refractivity contribution < 1.29 is 4.79 Å². The molecule has 1 nitrogen and oxygen atoms in total. The van der Waals surface area contributed by atoms with Crippen molar-refractivity contribution in [1.29, 1.82) is 0 Å². The van der Waals surface area contributed by atoms with Gasteiger partial charge in [0, 0.05) is 5.41 Å². The van der Waals surface area contributed by atoms with Crippen LogP contribution in [-0.4, -0.2) is 6.29 Å². The summed E-state index contributed by atoms with van der Waals surface area (Å²) < 4.78 is 0. The Kier molecular flexibility index (Phi) is 6.21. The van der Waals surface area contributed by atoms with E-state index in [4.69, 9.17) is 0 Å². The van der Waals surface area contributed by atoms with Gasteiger partial charge in [0.15, 0.2) is 0 Å². The van der Waals surface area contributed by atoms with E-state index in [1.54, 1.807) is 0 Å². The SMILES string of the molecule is C=CCCCC=CCC(C)(C)C=O. The summed E-state index contributed by atoms with van der Waals surface area (Å²) in [6.45, 7) is 7.57. The molecule has 74 valence electrons. The smallest absolute Gasteiger partial charge is 0.125 e. The normalized spacial score (nSPS) is 11.8. The van der Waals surface area contributed by atoms with Crippen molar-refractivity contribution in [2.75, 3.05) is 0 Å². The minimum Gasteiger partial charge on any atom is -0.303 e. The first kappa shape index (κ1) is 12.2. The first-order chi connectivity index (χ1) is 6.12. The average Bonchev–Trinajstić information content (AvgIpc) is 2.11. The van der Waals surface area contributed by atoms with Gasteiger partial charge in [-0.15, -0.1) is 6.58 Å². The third kappa shape index (κ3) is 7.51. The fourth-order valence-corrected chi connectivity index (χ4v) is 0.933. The Morgan fingerprint density at radius 2 is 1.92 bits per heavy atom. The maximum atomic E-state index is 10.5. The highest BCUT2D eigenvalue weighted by molar-refractivity contribution is 5.58. The van der Waals surface area contributed by atoms with E-state index in [1.807, 2.05) is 19.9 Å². The summed E-state index contributed by atoms with van der Waals surface area (Å²) in [7, 11) is 0. The van der Waals surface area contributed by atoms with Gasteiger partial charge >= 0.3 is 0 Å². The lowest BCUT2D eigenvalue weighted by Gasteiger charge is -2.12. The number of hydrogen-bond donors (Lipinski definition) is 0. The lowest BCUT2D eigenvalue weighted by Crippen LogP contribution is -2.10. The number of carbonyl (C=O) groups is 1. The van der Waals surface area contributed by atoms with E-state index in [-0.39, 0.29) is 5.41 Å². The molecule has 0 N–H and O–H groups in total. The third-order valence-electron chi connectivity index (χ3n) is 1.91. The van der Waals surface area contributed by atoms with Gasteiger partial charge in [-0.3, -0.25) is 0 Å². The molecule has 0 unspecified atom stereocenters. The van der Waals surface area contributed by atoms with E-state index in [2.05, 4.69) is 18.7 Å². The van der Waals surface area contributed by atoms with Gasteiger partial charge in [-0.1, -0.05) is 32.1 Å². The van der Waals surface area contributed by atoms with Crippen LogP contribution in [-0.2, 0) is 4.79 Å². The quantitative estimate of drug-likeness (QED) is 0.333. The third-order valence-corrected chi connectivity index (χ3v) is 1.91. The van der Waals surface area contributed by atoms with Crippen LogP contribution in [0, 0.1) is 5.41 Å². The fourth-order valence-electron chi connectivity index (χ4n) is 0.933. The molecule has 0 aromatic carbocycles. The standard InChI is InChI=1S/C12H20O/c1-4-5-6-7-8-9-10-12(2,3)11-13/h4,8-9,11H,1,5-7,10H2,2-3H3. The molecule has 0 spiro atoms. The Hall–Kier alpha value is -0.850. The summed E-state index contributed by atoms with van der Waals surface area (Å²) in [6, 6.07) is 0. The Labute approximate surface area is 81.5 Å². The van der Waals surface area contributed by atoms with Crippen molar-refractivity contribution in [1.82, 2.24) is 0 Å². The van der Waals surface area contributed by atoms with E-state index in [0.717, 1.165) is 32.0 Å². The summed E-state index contributed by atoms with van der Waals surface area (Å²) in [5.74, 6) is 0. The summed E-state index contributed by atoms with van der Waals surface area (Å²) in [5.41, 5.74) is -0.199. The minimum atomic E-state index is -0.199. The lowest BCUT2D eigenvalue weighted by atomic mass is 9.91. The van der Waals surface area contributed by atoms with E-state index < -0.39 is 0 Å². The van der Waals surface area contributed by atoms with Gasteiger partial charge in [0.25, 0.3) is 0 Å². The van der Waals surface area contributed by atoms with Gasteiger partial charge in [0.2, 0.25) is 0 Å². The van der Waals surface area contributed by atoms with Crippen LogP contribution in [0.1, 0.15) is 39.5 Å². The largest absolute Gasteiger partial charge is 0.303 e. The summed E-state index contributed by atoms with van der Waals surface area (Å²) >= 11 is 0. The molecule has 0 aliphatic carbocycles. The molecule has 0 heterocycles. The second-order valence-electron chi connectivity index (χ2n) is 4.00. The highest BCUT2D eigenvalue weighted by Gasteiger charge is 2.13. The molecule has 0 aromatic heterocycles. The van der Waals surface area contributed by atoms with Crippen LogP contribution in [0.4, 0.5) is 0 Å². The van der Waals surface area contributed by atoms with E-state index in [1.165, 1.54) is 0 Å². The van der Waals surface area contributed by atoms with Crippen LogP contribution in [0.5, 0.6) is 0 Å². The predicted molar refractivity (Wildman–Crippen MR) is 57.7 cm³/mol. The Balaban J connectivity index is 3.51. The van der Waals surface area contributed by atoms with Crippen LogP contribution in [0.3, 0.4) is 0 Å². The number of aldehydes is 1. The highest BCUT2D eigenvalue weighted by Crippen LogP contribution is 2.17. The van der Waals surface area contributed by atoms with Crippen LogP contribution in [0.2, 0.25) is 0 Å². The zero-order chi connectivity index (χ0) is 10.2. The molecule has 0 bridgehead atoms. The van der Waals surface area contributed by atoms with Gasteiger partial charge in [0.05, 0.1) is 0 Å². The van der Waals surface area contributed by atoms with Crippen molar-refractivity contribution in [2.45, 2.75) is 39.5 Å². The zero-order valence-electron chi connectivity index (χ0n) is 8.75. The molecule has 0 aromatic rings. The van der Waals surface area contributed by atoms with E-state index in [9.17, 15) is 4.79 Å². The number of hydrogen-bond acceptors (Lipinski definition) is 1. The molecular formula is C12H20O. The van der Waals surface area contributed by atoms with Gasteiger partial charge in [0.1, 0.15) is 6.29 Å². The molecule has 0 atom stereocenters. The molecule has 0 amide bonds. The van der Waals surface area contributed by atoms with Gasteiger partial charge in [-0.05, 0) is 25.7 Å². The Morgan fingerprint density at radius 1 is 1.23 bits per heavy atom. The number of rotatable bonds is 7. The predicted octanol–water partition coefficient (Wildman–Crippen LogP) is 3.51. The molecule has 0 rings (SSSR count). The number of unbranched alkanes of at least 4 members (excludes halogenated alkanes) is 2. The fraction of sp³-hybridized carbons (Fsp3) is 0.583. The van der Waals surface area contributed by atoms with Crippen LogP contribution >= 0.6 is 0 Å². The molecule has 0 aliphatic rings. The van der Waals surface area contributed by atoms with Crippen LogP contribution in [0.15, 0.2) is 24.8 Å². The maximum absolute atomic E-state index is 10.5. The molecule has 1 heteroatoms. The Bertz CT molecular complexity index is 178. The van der Waals surface area contributed by atoms with E-state index >= 15 is 0 Å². The molecule has 0 radical (unpaired) electrons. The number of carbonyl (C=O) groups excluding carboxylic acids is 1. The van der Waals surface area contributed by atoms with Gasteiger partial charge < -0.3 is 4.79 Å². The number of allylic oxidation sites excluding steroid dienone is 3. The molecule has 0 saturated carbocycles. The molecule has 0 fully saturated rings. The first-order valence-electron chi connectivity index (χ1n) is 4.84. The van der Waals surface area contributed by atoms with Crippen LogP contribution < -0.4 is 0 Å². The van der Waals surface area contributed by atoms with Gasteiger partial charge in [-0.2, -0.15) is 0 Å². The minimum absolute atomic E-state index is 0.199. The lowest BCUT2D eigenvalue weighted by molar-refractivity contribution is -0.114.